The standard InChI is InChI=1S/C18H17BrN2O3S/c1-2-24-18(23)17(21-20-14-6-4-3-5-7-14)16(22)12-25-15-10-8-13(19)9-11-15/h3-11,22H,2,12H2,1H3/b17-16+,21-20?. The van der Waals surface area contributed by atoms with Crippen molar-refractivity contribution in [1.29, 1.82) is 0 Å². The van der Waals surface area contributed by atoms with Crippen molar-refractivity contribution in [2.75, 3.05) is 12.4 Å². The predicted octanol–water partition coefficient (Wildman–Crippen LogP) is 5.66. The third kappa shape index (κ3) is 6.36. The molecule has 25 heavy (non-hydrogen) atoms. The fraction of sp³-hybridized carbons (Fsp3) is 0.167. The number of carbonyl (C=O) groups excluding carboxylic acids is 1. The van der Waals surface area contributed by atoms with E-state index in [1.807, 2.05) is 42.5 Å². The number of carbonyl (C=O) groups is 1. The van der Waals surface area contributed by atoms with Crippen molar-refractivity contribution in [3.63, 3.8) is 0 Å². The normalized spacial score (nSPS) is 12.1. The third-order valence-electron chi connectivity index (χ3n) is 2.95. The quantitative estimate of drug-likeness (QED) is 0.206. The summed E-state index contributed by atoms with van der Waals surface area (Å²) in [5, 5.41) is 18.2. The zero-order valence-electron chi connectivity index (χ0n) is 13.6. The van der Waals surface area contributed by atoms with Crippen molar-refractivity contribution in [1.82, 2.24) is 0 Å². The zero-order chi connectivity index (χ0) is 18.1. The Labute approximate surface area is 158 Å². The van der Waals surface area contributed by atoms with Crippen LogP contribution in [0.25, 0.3) is 0 Å². The van der Waals surface area contributed by atoms with Crippen LogP contribution in [0.4, 0.5) is 5.69 Å². The van der Waals surface area contributed by atoms with E-state index in [1.165, 1.54) is 11.8 Å². The Morgan fingerprint density at radius 1 is 1.16 bits per heavy atom. The first-order valence-corrected chi connectivity index (χ1v) is 9.32. The molecule has 0 saturated carbocycles. The number of azo groups is 1. The maximum atomic E-state index is 12.1. The fourth-order valence-electron chi connectivity index (χ4n) is 1.77. The second-order valence-corrected chi connectivity index (χ2v) is 6.76. The van der Waals surface area contributed by atoms with E-state index in [9.17, 15) is 9.90 Å². The van der Waals surface area contributed by atoms with Crippen LogP contribution in [0.3, 0.4) is 0 Å². The molecule has 0 spiro atoms. The highest BCUT2D eigenvalue weighted by molar-refractivity contribution is 9.10. The molecule has 2 aromatic rings. The van der Waals surface area contributed by atoms with Gasteiger partial charge in [0, 0.05) is 9.37 Å². The first-order chi connectivity index (χ1) is 12.1. The number of esters is 1. The number of benzene rings is 2. The van der Waals surface area contributed by atoms with Crippen molar-refractivity contribution < 1.29 is 14.6 Å². The lowest BCUT2D eigenvalue weighted by Crippen LogP contribution is -2.09. The van der Waals surface area contributed by atoms with Crippen molar-refractivity contribution in [2.24, 2.45) is 10.2 Å². The molecule has 1 N–H and O–H groups in total. The molecule has 0 unspecified atom stereocenters. The lowest BCUT2D eigenvalue weighted by Gasteiger charge is -2.06. The van der Waals surface area contributed by atoms with Gasteiger partial charge in [-0.3, -0.25) is 0 Å². The monoisotopic (exact) mass is 420 g/mol. The predicted molar refractivity (Wildman–Crippen MR) is 102 cm³/mol. The van der Waals surface area contributed by atoms with Gasteiger partial charge < -0.3 is 9.84 Å². The van der Waals surface area contributed by atoms with Crippen molar-refractivity contribution in [2.45, 2.75) is 11.8 Å². The van der Waals surface area contributed by atoms with Crippen LogP contribution >= 0.6 is 27.7 Å². The van der Waals surface area contributed by atoms with Gasteiger partial charge in [-0.2, -0.15) is 5.11 Å². The van der Waals surface area contributed by atoms with E-state index in [0.29, 0.717) is 5.69 Å². The number of hydrogen-bond donors (Lipinski definition) is 1. The van der Waals surface area contributed by atoms with E-state index in [-0.39, 0.29) is 23.8 Å². The molecule has 0 atom stereocenters. The van der Waals surface area contributed by atoms with E-state index in [1.54, 1.807) is 19.1 Å². The maximum absolute atomic E-state index is 12.1. The van der Waals surface area contributed by atoms with Crippen molar-refractivity contribution in [3.8, 4) is 0 Å². The van der Waals surface area contributed by atoms with E-state index in [0.717, 1.165) is 9.37 Å². The number of ether oxygens (including phenoxy) is 1. The van der Waals surface area contributed by atoms with Crippen LogP contribution in [0.5, 0.6) is 0 Å². The minimum Gasteiger partial charge on any atom is -0.509 e. The largest absolute Gasteiger partial charge is 0.509 e. The first kappa shape index (κ1) is 19.2. The molecule has 2 rings (SSSR count). The Bertz CT molecular complexity index is 762. The first-order valence-electron chi connectivity index (χ1n) is 7.54. The molecule has 2 aromatic carbocycles. The zero-order valence-corrected chi connectivity index (χ0v) is 16.0. The van der Waals surface area contributed by atoms with E-state index >= 15 is 0 Å². The summed E-state index contributed by atoms with van der Waals surface area (Å²) in [4.78, 5) is 13.0. The summed E-state index contributed by atoms with van der Waals surface area (Å²) in [7, 11) is 0. The molecule has 7 heteroatoms. The molecule has 5 nitrogen and oxygen atoms in total. The van der Waals surface area contributed by atoms with Crippen molar-refractivity contribution >= 4 is 39.3 Å². The fourth-order valence-corrected chi connectivity index (χ4v) is 2.80. The smallest absolute Gasteiger partial charge is 0.362 e. The van der Waals surface area contributed by atoms with Gasteiger partial charge in [0.25, 0.3) is 0 Å². The van der Waals surface area contributed by atoms with E-state index in [4.69, 9.17) is 4.74 Å². The molecule has 0 heterocycles. The van der Waals surface area contributed by atoms with E-state index in [2.05, 4.69) is 26.2 Å². The maximum Gasteiger partial charge on any atom is 0.362 e. The van der Waals surface area contributed by atoms with Gasteiger partial charge in [0.1, 0.15) is 5.76 Å². The number of nitrogens with zero attached hydrogens (tertiary/aromatic N) is 2. The summed E-state index contributed by atoms with van der Waals surface area (Å²) in [6.45, 7) is 1.88. The molecular formula is C18H17BrN2O3S. The van der Waals surface area contributed by atoms with Gasteiger partial charge in [-0.05, 0) is 43.3 Å². The Kier molecular flexibility index (Phi) is 7.69. The summed E-state index contributed by atoms with van der Waals surface area (Å²) in [6.07, 6.45) is 0. The number of halogens is 1. The molecule has 0 aromatic heterocycles. The molecule has 0 fully saturated rings. The van der Waals surface area contributed by atoms with Gasteiger partial charge >= 0.3 is 5.97 Å². The molecule has 0 aliphatic rings. The Hall–Kier alpha value is -2.12. The minimum absolute atomic E-state index is 0.175. The summed E-state index contributed by atoms with van der Waals surface area (Å²) >= 11 is 4.76. The van der Waals surface area contributed by atoms with Crippen LogP contribution in [0.15, 0.2) is 85.7 Å². The van der Waals surface area contributed by atoms with Crippen LogP contribution in [0.2, 0.25) is 0 Å². The summed E-state index contributed by atoms with van der Waals surface area (Å²) in [5.41, 5.74) is 0.396. The third-order valence-corrected chi connectivity index (χ3v) is 4.50. The van der Waals surface area contributed by atoms with Gasteiger partial charge in [0.15, 0.2) is 0 Å². The van der Waals surface area contributed by atoms with Gasteiger partial charge in [-0.1, -0.05) is 34.1 Å². The molecule has 130 valence electrons. The molecular weight excluding hydrogens is 404 g/mol. The Morgan fingerprint density at radius 2 is 1.84 bits per heavy atom. The highest BCUT2D eigenvalue weighted by atomic mass is 79.9. The number of aliphatic hydroxyl groups is 1. The average Bonchev–Trinajstić information content (AvgIpc) is 2.62. The van der Waals surface area contributed by atoms with Crippen LogP contribution < -0.4 is 0 Å². The summed E-state index contributed by atoms with van der Waals surface area (Å²) in [5.74, 6) is -0.689. The molecule has 0 radical (unpaired) electrons. The summed E-state index contributed by atoms with van der Waals surface area (Å²) in [6, 6.07) is 16.6. The second kappa shape index (κ2) is 10.0. The molecule has 0 amide bonds. The molecule has 0 aliphatic carbocycles. The highest BCUT2D eigenvalue weighted by Crippen LogP contribution is 2.24. The number of rotatable bonds is 7. The highest BCUT2D eigenvalue weighted by Gasteiger charge is 2.17. The van der Waals surface area contributed by atoms with Gasteiger partial charge in [-0.15, -0.1) is 16.9 Å². The average molecular weight is 421 g/mol. The van der Waals surface area contributed by atoms with Gasteiger partial charge in [0.2, 0.25) is 5.70 Å². The minimum atomic E-state index is -0.698. The molecule has 0 aliphatic heterocycles. The van der Waals surface area contributed by atoms with Crippen LogP contribution in [0.1, 0.15) is 6.92 Å². The SMILES string of the molecule is CCOC(=O)/C(N=Nc1ccccc1)=C(\O)CSc1ccc(Br)cc1. The van der Waals surface area contributed by atoms with Gasteiger partial charge in [0.05, 0.1) is 18.0 Å². The lowest BCUT2D eigenvalue weighted by atomic mass is 10.3. The number of aliphatic hydroxyl groups excluding tert-OH is 1. The van der Waals surface area contributed by atoms with Crippen LogP contribution in [-0.4, -0.2) is 23.4 Å². The Morgan fingerprint density at radius 3 is 2.48 bits per heavy atom. The Balaban J connectivity index is 2.16. The van der Waals surface area contributed by atoms with Gasteiger partial charge in [-0.25, -0.2) is 4.79 Å². The number of thioether (sulfide) groups is 1. The second-order valence-electron chi connectivity index (χ2n) is 4.79. The van der Waals surface area contributed by atoms with Crippen molar-refractivity contribution in [3.05, 3.63) is 70.5 Å². The van der Waals surface area contributed by atoms with Crippen LogP contribution in [-0.2, 0) is 9.53 Å². The van der Waals surface area contributed by atoms with Crippen LogP contribution in [0, 0.1) is 0 Å². The number of hydrogen-bond acceptors (Lipinski definition) is 6. The van der Waals surface area contributed by atoms with E-state index < -0.39 is 5.97 Å². The molecule has 0 saturated heterocycles. The lowest BCUT2D eigenvalue weighted by molar-refractivity contribution is -0.138. The summed E-state index contributed by atoms with van der Waals surface area (Å²) < 4.78 is 5.93. The topological polar surface area (TPSA) is 71.2 Å². The molecule has 0 bridgehead atoms.